The van der Waals surface area contributed by atoms with Gasteiger partial charge in [0.1, 0.15) is 11.3 Å². The van der Waals surface area contributed by atoms with Gasteiger partial charge in [0.15, 0.2) is 5.58 Å². The van der Waals surface area contributed by atoms with Gasteiger partial charge in [-0.2, -0.15) is 0 Å². The first-order chi connectivity index (χ1) is 14.1. The summed E-state index contributed by atoms with van der Waals surface area (Å²) >= 11 is 0. The zero-order valence-corrected chi connectivity index (χ0v) is 15.0. The number of hydrogen-bond donors (Lipinski definition) is 0. The maximum Gasteiger partial charge on any atom is 0.269 e. The number of allylic oxidation sites excluding steroid dienone is 1. The van der Waals surface area contributed by atoms with Gasteiger partial charge in [-0.05, 0) is 54.1 Å². The van der Waals surface area contributed by atoms with Crippen molar-refractivity contribution in [3.05, 3.63) is 94.3 Å². The van der Waals surface area contributed by atoms with Crippen LogP contribution in [-0.2, 0) is 0 Å². The average molecular weight is 387 g/mol. The number of fused-ring (bicyclic) bond motifs is 1. The van der Waals surface area contributed by atoms with E-state index in [4.69, 9.17) is 4.42 Å². The van der Waals surface area contributed by atoms with Gasteiger partial charge in [-0.25, -0.2) is 9.37 Å². The number of nitro benzene ring substituents is 1. The lowest BCUT2D eigenvalue weighted by atomic mass is 10.2. The Morgan fingerprint density at radius 3 is 2.62 bits per heavy atom. The molecule has 0 spiro atoms. The fourth-order valence-electron chi connectivity index (χ4n) is 2.74. The molecule has 0 atom stereocenters. The number of halogens is 1. The van der Waals surface area contributed by atoms with Crippen molar-refractivity contribution < 1.29 is 13.7 Å². The molecule has 0 N–H and O–H groups in total. The van der Waals surface area contributed by atoms with E-state index in [9.17, 15) is 14.5 Å². The lowest BCUT2D eigenvalue weighted by molar-refractivity contribution is -0.384. The maximum atomic E-state index is 13.9. The summed E-state index contributed by atoms with van der Waals surface area (Å²) in [7, 11) is 0. The molecule has 4 aromatic rings. The summed E-state index contributed by atoms with van der Waals surface area (Å²) in [5.41, 5.74) is 2.97. The van der Waals surface area contributed by atoms with Crippen molar-refractivity contribution in [1.29, 1.82) is 0 Å². The second-order valence-corrected chi connectivity index (χ2v) is 6.14. The molecule has 4 rings (SSSR count). The highest BCUT2D eigenvalue weighted by molar-refractivity contribution is 5.84. The molecular formula is C22H14FN3O3. The number of oxazole rings is 1. The zero-order chi connectivity index (χ0) is 20.2. The summed E-state index contributed by atoms with van der Waals surface area (Å²) < 4.78 is 19.6. The third-order valence-electron chi connectivity index (χ3n) is 4.18. The van der Waals surface area contributed by atoms with E-state index in [0.29, 0.717) is 22.4 Å². The molecule has 7 heteroatoms. The minimum Gasteiger partial charge on any atom is -0.436 e. The van der Waals surface area contributed by atoms with Crippen molar-refractivity contribution in [2.24, 2.45) is 4.99 Å². The molecule has 0 saturated carbocycles. The van der Waals surface area contributed by atoms with Crippen molar-refractivity contribution in [2.45, 2.75) is 0 Å². The Kier molecular flexibility index (Phi) is 4.94. The molecule has 3 aromatic carbocycles. The number of hydrogen-bond acceptors (Lipinski definition) is 5. The van der Waals surface area contributed by atoms with Crippen LogP contribution in [0.15, 0.2) is 82.2 Å². The number of rotatable bonds is 5. The van der Waals surface area contributed by atoms with E-state index in [1.54, 1.807) is 66.9 Å². The van der Waals surface area contributed by atoms with Crippen LogP contribution in [0.25, 0.3) is 28.6 Å². The summed E-state index contributed by atoms with van der Waals surface area (Å²) in [6.07, 6.45) is 5.14. The molecule has 0 bridgehead atoms. The Bertz CT molecular complexity index is 1240. The van der Waals surface area contributed by atoms with Crippen molar-refractivity contribution in [3.8, 4) is 11.5 Å². The van der Waals surface area contributed by atoms with Crippen molar-refractivity contribution in [2.75, 3.05) is 0 Å². The normalized spacial score (nSPS) is 11.6. The number of aliphatic imine (C=N–C) groups is 1. The second-order valence-electron chi connectivity index (χ2n) is 6.14. The monoisotopic (exact) mass is 387 g/mol. The molecule has 0 aliphatic rings. The predicted octanol–water partition coefficient (Wildman–Crippen LogP) is 5.96. The van der Waals surface area contributed by atoms with Crippen molar-refractivity contribution >= 4 is 34.8 Å². The summed E-state index contributed by atoms with van der Waals surface area (Å²) in [5.74, 6) is -0.175. The van der Waals surface area contributed by atoms with Gasteiger partial charge in [-0.15, -0.1) is 0 Å². The van der Waals surface area contributed by atoms with Gasteiger partial charge in [0.2, 0.25) is 5.89 Å². The molecule has 6 nitrogen and oxygen atoms in total. The number of nitrogens with zero attached hydrogens (tertiary/aromatic N) is 3. The van der Waals surface area contributed by atoms with E-state index in [2.05, 4.69) is 9.98 Å². The molecule has 0 amide bonds. The Labute approximate surface area is 164 Å². The van der Waals surface area contributed by atoms with E-state index in [1.807, 2.05) is 0 Å². The van der Waals surface area contributed by atoms with Crippen LogP contribution in [0.3, 0.4) is 0 Å². The average Bonchev–Trinajstić information content (AvgIpc) is 3.15. The van der Waals surface area contributed by atoms with E-state index >= 15 is 0 Å². The fourth-order valence-corrected chi connectivity index (χ4v) is 2.74. The third kappa shape index (κ3) is 4.08. The van der Waals surface area contributed by atoms with Gasteiger partial charge >= 0.3 is 0 Å². The van der Waals surface area contributed by atoms with Crippen LogP contribution in [-0.4, -0.2) is 16.1 Å². The summed E-state index contributed by atoms with van der Waals surface area (Å²) in [4.78, 5) is 18.9. The number of non-ortho nitro benzene ring substituents is 1. The van der Waals surface area contributed by atoms with Crippen molar-refractivity contribution in [1.82, 2.24) is 4.98 Å². The SMILES string of the molecule is O=[N+]([O-])c1ccc(/C=C\C=Nc2ccc3oc(-c4ccccc4F)nc3c2)cc1. The van der Waals surface area contributed by atoms with Gasteiger partial charge in [0, 0.05) is 18.3 Å². The topological polar surface area (TPSA) is 81.5 Å². The van der Waals surface area contributed by atoms with Gasteiger partial charge in [0.05, 0.1) is 16.2 Å². The highest BCUT2D eigenvalue weighted by Crippen LogP contribution is 2.28. The van der Waals surface area contributed by atoms with Gasteiger partial charge < -0.3 is 4.42 Å². The Hall–Kier alpha value is -4.13. The molecule has 142 valence electrons. The van der Waals surface area contributed by atoms with E-state index < -0.39 is 10.7 Å². The molecule has 0 aliphatic carbocycles. The fraction of sp³-hybridized carbons (Fsp3) is 0. The number of aromatic nitrogens is 1. The van der Waals surface area contributed by atoms with Crippen LogP contribution in [0.4, 0.5) is 15.8 Å². The molecule has 0 fully saturated rings. The van der Waals surface area contributed by atoms with E-state index in [0.717, 1.165) is 5.56 Å². The van der Waals surface area contributed by atoms with Crippen LogP contribution in [0.1, 0.15) is 5.56 Å². The van der Waals surface area contributed by atoms with Gasteiger partial charge in [-0.3, -0.25) is 15.1 Å². The summed E-state index contributed by atoms with van der Waals surface area (Å²) in [6.45, 7) is 0. The van der Waals surface area contributed by atoms with Gasteiger partial charge in [-0.1, -0.05) is 18.2 Å². The lowest BCUT2D eigenvalue weighted by Gasteiger charge is -1.95. The van der Waals surface area contributed by atoms with Crippen molar-refractivity contribution in [3.63, 3.8) is 0 Å². The largest absolute Gasteiger partial charge is 0.436 e. The van der Waals surface area contributed by atoms with Crippen LogP contribution in [0, 0.1) is 15.9 Å². The van der Waals surface area contributed by atoms with E-state index in [1.165, 1.54) is 18.2 Å². The molecule has 29 heavy (non-hydrogen) atoms. The minimum atomic E-state index is -0.438. The highest BCUT2D eigenvalue weighted by atomic mass is 19.1. The van der Waals surface area contributed by atoms with Crippen LogP contribution < -0.4 is 0 Å². The van der Waals surface area contributed by atoms with Crippen LogP contribution >= 0.6 is 0 Å². The molecule has 0 unspecified atom stereocenters. The van der Waals surface area contributed by atoms with Crippen LogP contribution in [0.2, 0.25) is 0 Å². The molecular weight excluding hydrogens is 373 g/mol. The second kappa shape index (κ2) is 7.85. The smallest absolute Gasteiger partial charge is 0.269 e. The van der Waals surface area contributed by atoms with E-state index in [-0.39, 0.29) is 11.6 Å². The standard InChI is InChI=1S/C22H14FN3O3/c23-19-6-2-1-5-18(19)22-25-20-14-16(9-12-21(20)29-22)24-13-3-4-15-7-10-17(11-8-15)26(27)28/h1-14H/b4-3-,24-13?. The number of benzene rings is 3. The molecule has 0 aliphatic heterocycles. The summed E-state index contributed by atoms with van der Waals surface area (Å²) in [5, 5.41) is 10.7. The molecule has 1 aromatic heterocycles. The molecule has 0 saturated heterocycles. The Morgan fingerprint density at radius 1 is 1.07 bits per heavy atom. The first-order valence-corrected chi connectivity index (χ1v) is 8.71. The lowest BCUT2D eigenvalue weighted by Crippen LogP contribution is -1.86. The maximum absolute atomic E-state index is 13.9. The molecule has 0 radical (unpaired) electrons. The first-order valence-electron chi connectivity index (χ1n) is 8.71. The van der Waals surface area contributed by atoms with Gasteiger partial charge in [0.25, 0.3) is 5.69 Å². The Balaban J connectivity index is 1.51. The minimum absolute atomic E-state index is 0.0477. The third-order valence-corrected chi connectivity index (χ3v) is 4.18. The number of nitro groups is 1. The summed E-state index contributed by atoms with van der Waals surface area (Å²) in [6, 6.07) is 17.8. The molecule has 1 heterocycles. The zero-order valence-electron chi connectivity index (χ0n) is 15.0. The Morgan fingerprint density at radius 2 is 1.86 bits per heavy atom. The van der Waals surface area contributed by atoms with Crippen LogP contribution in [0.5, 0.6) is 0 Å². The predicted molar refractivity (Wildman–Crippen MR) is 110 cm³/mol. The quantitative estimate of drug-likeness (QED) is 0.240. The first kappa shape index (κ1) is 18.2. The highest BCUT2D eigenvalue weighted by Gasteiger charge is 2.12.